The molecule has 16 heavy (non-hydrogen) atoms. The lowest BCUT2D eigenvalue weighted by molar-refractivity contribution is 0.173. The highest BCUT2D eigenvalue weighted by molar-refractivity contribution is 7.98. The third-order valence-corrected chi connectivity index (χ3v) is 3.31. The van der Waals surface area contributed by atoms with Crippen LogP contribution in [0, 0.1) is 0 Å². The van der Waals surface area contributed by atoms with Gasteiger partial charge in [0, 0.05) is 10.3 Å². The van der Waals surface area contributed by atoms with Gasteiger partial charge in [0.05, 0.1) is 11.7 Å². The summed E-state index contributed by atoms with van der Waals surface area (Å²) in [6.45, 7) is 1.21. The molecule has 0 aliphatic carbocycles. The van der Waals surface area contributed by atoms with Gasteiger partial charge in [-0.05, 0) is 24.5 Å². The van der Waals surface area contributed by atoms with Gasteiger partial charge in [-0.1, -0.05) is 0 Å². The van der Waals surface area contributed by atoms with Crippen molar-refractivity contribution in [2.24, 2.45) is 0 Å². The molecule has 0 amide bonds. The Balaban J connectivity index is 2.27. The van der Waals surface area contributed by atoms with Crippen molar-refractivity contribution in [3.8, 4) is 11.5 Å². The number of benzene rings is 1. The zero-order valence-corrected chi connectivity index (χ0v) is 9.71. The quantitative estimate of drug-likeness (QED) is 0.709. The summed E-state index contributed by atoms with van der Waals surface area (Å²) in [5.74, 6) is 1.57. The van der Waals surface area contributed by atoms with E-state index in [2.05, 4.69) is 23.4 Å². The molecule has 0 fully saturated rings. The predicted molar refractivity (Wildman–Crippen MR) is 64.5 cm³/mol. The summed E-state index contributed by atoms with van der Waals surface area (Å²) in [6.07, 6.45) is 3.79. The second-order valence-corrected chi connectivity index (χ2v) is 4.41. The van der Waals surface area contributed by atoms with Crippen LogP contribution < -0.4 is 9.47 Å². The van der Waals surface area contributed by atoms with Crippen molar-refractivity contribution in [2.75, 3.05) is 19.5 Å². The van der Waals surface area contributed by atoms with E-state index in [1.54, 1.807) is 18.0 Å². The Labute approximate surface area is 97.8 Å². The van der Waals surface area contributed by atoms with Gasteiger partial charge < -0.3 is 9.47 Å². The maximum atomic E-state index is 5.66. The Morgan fingerprint density at radius 1 is 1.25 bits per heavy atom. The summed E-state index contributed by atoms with van der Waals surface area (Å²) in [5.41, 5.74) is 0.946. The summed E-state index contributed by atoms with van der Waals surface area (Å²) in [4.78, 5) is 5.56. The van der Waals surface area contributed by atoms with E-state index in [1.165, 1.54) is 4.90 Å². The van der Waals surface area contributed by atoms with E-state index in [9.17, 15) is 0 Å². The Bertz CT molecular complexity index is 537. The Morgan fingerprint density at radius 3 is 3.00 bits per heavy atom. The normalized spacial score (nSPS) is 14.1. The first-order valence-corrected chi connectivity index (χ1v) is 6.33. The highest BCUT2D eigenvalue weighted by Gasteiger charge is 2.15. The number of rotatable bonds is 1. The summed E-state index contributed by atoms with van der Waals surface area (Å²) in [5, 5.41) is 1.03. The molecule has 1 aromatic heterocycles. The Hall–Kier alpha value is -1.42. The third-order valence-electron chi connectivity index (χ3n) is 2.58. The Kier molecular flexibility index (Phi) is 2.36. The van der Waals surface area contributed by atoms with E-state index >= 15 is 0 Å². The van der Waals surface area contributed by atoms with Crippen molar-refractivity contribution in [1.29, 1.82) is 0 Å². The summed E-state index contributed by atoms with van der Waals surface area (Å²) < 4.78 is 11.2. The fourth-order valence-corrected chi connectivity index (χ4v) is 2.24. The first-order valence-electron chi connectivity index (χ1n) is 5.11. The molecule has 0 unspecified atom stereocenters. The standard InChI is InChI=1S/C12H11NO2S/c1-16-8-2-3-10-9(6-8)12-11(7-13-10)14-4-5-15-12/h2-3,6-7H,4-5H2,1H3. The highest BCUT2D eigenvalue weighted by Crippen LogP contribution is 2.37. The number of nitrogens with zero attached hydrogens (tertiary/aromatic N) is 1. The van der Waals surface area contributed by atoms with Crippen LogP contribution in [-0.2, 0) is 0 Å². The van der Waals surface area contributed by atoms with Gasteiger partial charge in [0.2, 0.25) is 0 Å². The fourth-order valence-electron chi connectivity index (χ4n) is 1.80. The third kappa shape index (κ3) is 1.50. The van der Waals surface area contributed by atoms with Crippen LogP contribution in [0.3, 0.4) is 0 Å². The molecule has 1 aliphatic rings. The minimum atomic E-state index is 0.600. The molecule has 0 radical (unpaired) electrons. The minimum absolute atomic E-state index is 0.600. The molecule has 0 saturated heterocycles. The molecule has 0 saturated carbocycles. The second kappa shape index (κ2) is 3.87. The molecule has 0 N–H and O–H groups in total. The second-order valence-electron chi connectivity index (χ2n) is 3.53. The molecule has 3 nitrogen and oxygen atoms in total. The molecular weight excluding hydrogens is 222 g/mol. The van der Waals surface area contributed by atoms with Crippen molar-refractivity contribution in [1.82, 2.24) is 4.98 Å². The maximum Gasteiger partial charge on any atom is 0.180 e. The first kappa shape index (κ1) is 9.78. The van der Waals surface area contributed by atoms with E-state index in [0.717, 1.165) is 22.4 Å². The van der Waals surface area contributed by atoms with Gasteiger partial charge in [0.1, 0.15) is 13.2 Å². The molecule has 4 heteroatoms. The largest absolute Gasteiger partial charge is 0.485 e. The summed E-state index contributed by atoms with van der Waals surface area (Å²) >= 11 is 1.71. The van der Waals surface area contributed by atoms with E-state index in [4.69, 9.17) is 9.47 Å². The number of hydrogen-bond acceptors (Lipinski definition) is 4. The lowest BCUT2D eigenvalue weighted by Crippen LogP contribution is -2.15. The summed E-state index contributed by atoms with van der Waals surface area (Å²) in [7, 11) is 0. The zero-order chi connectivity index (χ0) is 11.0. The van der Waals surface area contributed by atoms with Crippen LogP contribution in [-0.4, -0.2) is 24.5 Å². The number of pyridine rings is 1. The van der Waals surface area contributed by atoms with Crippen LogP contribution in [0.25, 0.3) is 10.9 Å². The van der Waals surface area contributed by atoms with Crippen molar-refractivity contribution in [2.45, 2.75) is 4.90 Å². The number of fused-ring (bicyclic) bond motifs is 3. The first-order chi connectivity index (χ1) is 7.88. The molecule has 2 heterocycles. The number of hydrogen-bond donors (Lipinski definition) is 0. The van der Waals surface area contributed by atoms with Crippen molar-refractivity contribution in [3.05, 3.63) is 24.4 Å². The van der Waals surface area contributed by atoms with E-state index in [1.807, 2.05) is 6.07 Å². The van der Waals surface area contributed by atoms with Gasteiger partial charge in [-0.15, -0.1) is 11.8 Å². The van der Waals surface area contributed by atoms with Gasteiger partial charge in [0.15, 0.2) is 11.5 Å². The topological polar surface area (TPSA) is 31.4 Å². The smallest absolute Gasteiger partial charge is 0.180 e. The van der Waals surface area contributed by atoms with Gasteiger partial charge in [-0.25, -0.2) is 0 Å². The van der Waals surface area contributed by atoms with E-state index < -0.39 is 0 Å². The molecule has 0 spiro atoms. The molecular formula is C12H11NO2S. The van der Waals surface area contributed by atoms with Crippen molar-refractivity contribution in [3.63, 3.8) is 0 Å². The van der Waals surface area contributed by atoms with Crippen LogP contribution in [0.1, 0.15) is 0 Å². The fraction of sp³-hybridized carbons (Fsp3) is 0.250. The molecule has 1 aromatic carbocycles. The zero-order valence-electron chi connectivity index (χ0n) is 8.90. The number of aromatic nitrogens is 1. The molecule has 0 bridgehead atoms. The molecule has 2 aromatic rings. The molecule has 3 rings (SSSR count). The van der Waals surface area contributed by atoms with E-state index in [0.29, 0.717) is 13.2 Å². The van der Waals surface area contributed by atoms with Crippen LogP contribution in [0.5, 0.6) is 11.5 Å². The predicted octanol–water partition coefficient (Wildman–Crippen LogP) is 2.73. The van der Waals surface area contributed by atoms with Crippen LogP contribution in [0.4, 0.5) is 0 Å². The van der Waals surface area contributed by atoms with Gasteiger partial charge in [-0.2, -0.15) is 0 Å². The van der Waals surface area contributed by atoms with Crippen LogP contribution in [0.15, 0.2) is 29.3 Å². The lowest BCUT2D eigenvalue weighted by Gasteiger charge is -2.19. The average Bonchev–Trinajstić information content (AvgIpc) is 2.38. The highest BCUT2D eigenvalue weighted by atomic mass is 32.2. The maximum absolute atomic E-state index is 5.66. The molecule has 82 valence electrons. The molecule has 1 aliphatic heterocycles. The molecule has 0 atom stereocenters. The van der Waals surface area contributed by atoms with Gasteiger partial charge in [-0.3, -0.25) is 4.98 Å². The monoisotopic (exact) mass is 233 g/mol. The minimum Gasteiger partial charge on any atom is -0.485 e. The van der Waals surface area contributed by atoms with Crippen LogP contribution in [0.2, 0.25) is 0 Å². The van der Waals surface area contributed by atoms with Gasteiger partial charge >= 0.3 is 0 Å². The Morgan fingerprint density at radius 2 is 2.12 bits per heavy atom. The van der Waals surface area contributed by atoms with Crippen LogP contribution >= 0.6 is 11.8 Å². The van der Waals surface area contributed by atoms with Crippen molar-refractivity contribution < 1.29 is 9.47 Å². The number of thioether (sulfide) groups is 1. The summed E-state index contributed by atoms with van der Waals surface area (Å²) in [6, 6.07) is 6.18. The SMILES string of the molecule is CSc1ccc2ncc3c(c2c1)OCCO3. The van der Waals surface area contributed by atoms with Crippen molar-refractivity contribution >= 4 is 22.7 Å². The van der Waals surface area contributed by atoms with E-state index in [-0.39, 0.29) is 0 Å². The van der Waals surface area contributed by atoms with Gasteiger partial charge in [0.25, 0.3) is 0 Å². The average molecular weight is 233 g/mol. The lowest BCUT2D eigenvalue weighted by atomic mass is 10.2. The number of ether oxygens (including phenoxy) is 2.